The van der Waals surface area contributed by atoms with E-state index in [-0.39, 0.29) is 23.9 Å². The summed E-state index contributed by atoms with van der Waals surface area (Å²) in [6, 6.07) is 5.74. The van der Waals surface area contributed by atoms with Gasteiger partial charge in [-0.05, 0) is 62.2 Å². The molecule has 1 unspecified atom stereocenters. The topological polar surface area (TPSA) is 77.4 Å². The van der Waals surface area contributed by atoms with Gasteiger partial charge in [-0.1, -0.05) is 12.1 Å². The van der Waals surface area contributed by atoms with E-state index in [0.717, 1.165) is 11.1 Å². The Balaban J connectivity index is 1.45. The molecule has 164 valence electrons. The van der Waals surface area contributed by atoms with Gasteiger partial charge in [0.15, 0.2) is 16.7 Å². The summed E-state index contributed by atoms with van der Waals surface area (Å²) in [7, 11) is 1.62. The van der Waals surface area contributed by atoms with Crippen LogP contribution in [0.4, 0.5) is 0 Å². The highest BCUT2D eigenvalue weighted by molar-refractivity contribution is 8.18. The molecule has 0 spiro atoms. The number of rotatable bonds is 4. The number of piperidine rings is 1. The second-order valence-corrected chi connectivity index (χ2v) is 8.62. The first-order valence-electron chi connectivity index (χ1n) is 10.5. The van der Waals surface area contributed by atoms with Crippen molar-refractivity contribution < 1.29 is 23.8 Å². The summed E-state index contributed by atoms with van der Waals surface area (Å²) < 4.78 is 16.6. The molecule has 1 atom stereocenters. The normalized spacial score (nSPS) is 22.5. The Morgan fingerprint density at radius 1 is 1.35 bits per heavy atom. The zero-order chi connectivity index (χ0) is 22.0. The minimum absolute atomic E-state index is 0.0728. The number of thioether (sulfide) groups is 1. The molecular weight excluding hydrogens is 416 g/mol. The summed E-state index contributed by atoms with van der Waals surface area (Å²) in [5.41, 5.74) is 1.83. The molecule has 31 heavy (non-hydrogen) atoms. The van der Waals surface area contributed by atoms with Crippen LogP contribution in [0.15, 0.2) is 39.7 Å². The molecule has 4 rings (SSSR count). The van der Waals surface area contributed by atoms with E-state index in [1.165, 1.54) is 11.8 Å². The highest BCUT2D eigenvalue weighted by Gasteiger charge is 2.32. The van der Waals surface area contributed by atoms with E-state index in [1.54, 1.807) is 7.11 Å². The predicted octanol–water partition coefficient (Wildman–Crippen LogP) is 3.65. The lowest BCUT2D eigenvalue weighted by atomic mass is 9.97. The zero-order valence-corrected chi connectivity index (χ0v) is 18.7. The monoisotopic (exact) mass is 442 g/mol. The lowest BCUT2D eigenvalue weighted by Gasteiger charge is -2.31. The van der Waals surface area contributed by atoms with E-state index in [0.29, 0.717) is 54.1 Å². The average Bonchev–Trinajstić information content (AvgIpc) is 3.14. The minimum Gasteiger partial charge on any atom is -0.493 e. The van der Waals surface area contributed by atoms with Crippen LogP contribution in [-0.4, -0.2) is 54.9 Å². The summed E-state index contributed by atoms with van der Waals surface area (Å²) in [5, 5.41) is 0.700. The Kier molecular flexibility index (Phi) is 6.36. The number of carbonyl (C=O) groups is 2. The number of hydrogen-bond donors (Lipinski definition) is 0. The highest BCUT2D eigenvalue weighted by Crippen LogP contribution is 2.39. The van der Waals surface area contributed by atoms with E-state index in [1.807, 2.05) is 44.2 Å². The van der Waals surface area contributed by atoms with Crippen molar-refractivity contribution in [1.82, 2.24) is 4.90 Å². The number of amides is 1. The van der Waals surface area contributed by atoms with Gasteiger partial charge in [-0.2, -0.15) is 4.99 Å². The van der Waals surface area contributed by atoms with Crippen LogP contribution in [0.3, 0.4) is 0 Å². The molecule has 3 heterocycles. The minimum atomic E-state index is -0.239. The Labute approximate surface area is 186 Å². The lowest BCUT2D eigenvalue weighted by Crippen LogP contribution is -2.39. The first-order valence-corrected chi connectivity index (χ1v) is 11.3. The fourth-order valence-electron chi connectivity index (χ4n) is 3.89. The molecule has 1 fully saturated rings. The largest absolute Gasteiger partial charge is 0.493 e. The van der Waals surface area contributed by atoms with Gasteiger partial charge in [0, 0.05) is 18.7 Å². The fraction of sp³-hybridized carbons (Fsp3) is 0.435. The number of carbonyl (C=O) groups excluding carboxylic acids is 2. The second-order valence-electron chi connectivity index (χ2n) is 7.61. The molecule has 1 aromatic carbocycles. The van der Waals surface area contributed by atoms with Gasteiger partial charge in [0.05, 0.1) is 24.5 Å². The number of benzene rings is 1. The van der Waals surface area contributed by atoms with Crippen molar-refractivity contribution in [2.75, 3.05) is 26.8 Å². The number of likely N-dealkylation sites (tertiary alicyclic amines) is 1. The van der Waals surface area contributed by atoms with Crippen LogP contribution in [0.1, 0.15) is 32.3 Å². The standard InChI is InChI=1S/C23H26N2O5S/c1-4-29-22(27)15-8-10-25(11-9-15)23-24-21(26)19(31-23)13-17-12-16-6-5-7-18(28-3)20(16)30-14(17)2/h5-7,12-15H,4,8-11H2,1-3H3. The Morgan fingerprint density at radius 3 is 2.84 bits per heavy atom. The maximum atomic E-state index is 12.5. The van der Waals surface area contributed by atoms with Crippen LogP contribution in [0.5, 0.6) is 11.5 Å². The third-order valence-corrected chi connectivity index (χ3v) is 6.65. The van der Waals surface area contributed by atoms with Crippen LogP contribution >= 0.6 is 11.8 Å². The van der Waals surface area contributed by atoms with Crippen molar-refractivity contribution in [2.45, 2.75) is 32.8 Å². The molecule has 1 amide bonds. The van der Waals surface area contributed by atoms with Gasteiger partial charge in [-0.25, -0.2) is 0 Å². The van der Waals surface area contributed by atoms with Crippen molar-refractivity contribution in [2.24, 2.45) is 10.9 Å². The molecule has 0 aromatic heterocycles. The molecule has 0 radical (unpaired) electrons. The highest BCUT2D eigenvalue weighted by atomic mass is 32.2. The maximum Gasteiger partial charge on any atom is 0.309 e. The second kappa shape index (κ2) is 9.18. The van der Waals surface area contributed by atoms with Crippen LogP contribution in [0.25, 0.3) is 6.08 Å². The average molecular weight is 443 g/mol. The van der Waals surface area contributed by atoms with Gasteiger partial charge in [0.2, 0.25) is 0 Å². The molecule has 0 saturated carbocycles. The number of nitrogens with zero attached hydrogens (tertiary/aromatic N) is 2. The van der Waals surface area contributed by atoms with Crippen LogP contribution in [-0.2, 0) is 14.3 Å². The van der Waals surface area contributed by atoms with E-state index >= 15 is 0 Å². The number of fused-ring (bicyclic) bond motifs is 1. The van der Waals surface area contributed by atoms with Crippen molar-refractivity contribution in [3.05, 3.63) is 40.3 Å². The first-order chi connectivity index (χ1) is 15.0. The molecule has 1 aromatic rings. The number of para-hydroxylation sites is 1. The summed E-state index contributed by atoms with van der Waals surface area (Å²) in [5.74, 6) is 0.963. The van der Waals surface area contributed by atoms with Gasteiger partial charge in [-0.3, -0.25) is 9.59 Å². The number of aliphatic imine (C=N–C) groups is 1. The van der Waals surface area contributed by atoms with Gasteiger partial charge >= 0.3 is 5.97 Å². The van der Waals surface area contributed by atoms with Crippen molar-refractivity contribution >= 4 is 34.9 Å². The van der Waals surface area contributed by atoms with Crippen molar-refractivity contribution in [3.8, 4) is 11.5 Å². The van der Waals surface area contributed by atoms with Crippen molar-refractivity contribution in [3.63, 3.8) is 0 Å². The zero-order valence-electron chi connectivity index (χ0n) is 17.9. The van der Waals surface area contributed by atoms with Gasteiger partial charge in [-0.15, -0.1) is 0 Å². The van der Waals surface area contributed by atoms with Crippen molar-refractivity contribution in [1.29, 1.82) is 0 Å². The molecule has 3 aliphatic heterocycles. The quantitative estimate of drug-likeness (QED) is 0.520. The molecule has 7 nitrogen and oxygen atoms in total. The predicted molar refractivity (Wildman–Crippen MR) is 120 cm³/mol. The van der Waals surface area contributed by atoms with E-state index in [4.69, 9.17) is 14.2 Å². The van der Waals surface area contributed by atoms with E-state index in [2.05, 4.69) is 9.89 Å². The molecule has 8 heteroatoms. The third-order valence-electron chi connectivity index (χ3n) is 5.61. The number of methoxy groups -OCH3 is 1. The van der Waals surface area contributed by atoms with Crippen LogP contribution in [0, 0.1) is 5.92 Å². The molecule has 0 N–H and O–H groups in total. The van der Waals surface area contributed by atoms with Gasteiger partial charge in [0.1, 0.15) is 6.10 Å². The number of ether oxygens (including phenoxy) is 3. The maximum absolute atomic E-state index is 12.5. The van der Waals surface area contributed by atoms with E-state index < -0.39 is 0 Å². The lowest BCUT2D eigenvalue weighted by molar-refractivity contribution is -0.149. The summed E-state index contributed by atoms with van der Waals surface area (Å²) >= 11 is 1.38. The van der Waals surface area contributed by atoms with Gasteiger partial charge in [0.25, 0.3) is 5.91 Å². The number of amidine groups is 1. The number of hydrogen-bond acceptors (Lipinski definition) is 7. The molecule has 0 aliphatic carbocycles. The smallest absolute Gasteiger partial charge is 0.309 e. The van der Waals surface area contributed by atoms with Gasteiger partial charge < -0.3 is 19.1 Å². The third kappa shape index (κ3) is 4.49. The SMILES string of the molecule is CCOC(=O)C1CCN(C2=NC(=O)C(=CC3=Cc4cccc(OC)c4OC3C)S2)CC1. The summed E-state index contributed by atoms with van der Waals surface area (Å²) in [6.45, 7) is 5.54. The molecule has 0 bridgehead atoms. The number of esters is 1. The van der Waals surface area contributed by atoms with Crippen LogP contribution in [0.2, 0.25) is 0 Å². The summed E-state index contributed by atoms with van der Waals surface area (Å²) in [6.07, 6.45) is 5.09. The van der Waals surface area contributed by atoms with Crippen LogP contribution < -0.4 is 9.47 Å². The van der Waals surface area contributed by atoms with E-state index in [9.17, 15) is 9.59 Å². The molecule has 3 aliphatic rings. The Hall–Kier alpha value is -2.74. The Morgan fingerprint density at radius 2 is 2.13 bits per heavy atom. The molecular formula is C23H26N2O5S. The fourth-order valence-corrected chi connectivity index (χ4v) is 4.85. The first kappa shape index (κ1) is 21.5. The Bertz CT molecular complexity index is 976. The molecule has 1 saturated heterocycles. The summed E-state index contributed by atoms with van der Waals surface area (Å²) in [4.78, 5) is 31.4.